The fourth-order valence-electron chi connectivity index (χ4n) is 3.62. The lowest BCUT2D eigenvalue weighted by Crippen LogP contribution is -2.25. The average molecular weight is 413 g/mol. The number of aromatic hydroxyl groups is 1. The van der Waals surface area contributed by atoms with Crippen molar-refractivity contribution in [3.63, 3.8) is 0 Å². The molecule has 2 aromatic carbocycles. The number of benzene rings is 2. The lowest BCUT2D eigenvalue weighted by Gasteiger charge is -2.20. The Hall–Kier alpha value is -3.93. The van der Waals surface area contributed by atoms with Crippen LogP contribution in [-0.2, 0) is 11.3 Å². The zero-order valence-corrected chi connectivity index (χ0v) is 17.2. The molecule has 2 aromatic heterocycles. The topological polar surface area (TPSA) is 84.3 Å². The Morgan fingerprint density at radius 3 is 2.55 bits per heavy atom. The van der Waals surface area contributed by atoms with Crippen molar-refractivity contribution in [2.45, 2.75) is 18.9 Å². The van der Waals surface area contributed by atoms with Gasteiger partial charge in [-0.3, -0.25) is 14.8 Å². The van der Waals surface area contributed by atoms with Gasteiger partial charge in [0.2, 0.25) is 5.91 Å². The number of pyridine rings is 2. The molecule has 0 aliphatic rings. The summed E-state index contributed by atoms with van der Waals surface area (Å²) in [5, 5.41) is 14.7. The molecule has 6 nitrogen and oxygen atoms in total. The standard InChI is InChI=1S/C25H23N3O3/c1-31-20-10-7-17(8-11-20)22(15-23(29)28-16-19-6-2-3-13-26-19)21-12-9-18-5-4-14-27-24(18)25(21)30/h2-14,22,30H,15-16H2,1H3,(H,28,29). The maximum absolute atomic E-state index is 12.8. The van der Waals surface area contributed by atoms with Crippen LogP contribution >= 0.6 is 0 Å². The van der Waals surface area contributed by atoms with Gasteiger partial charge in [-0.2, -0.15) is 0 Å². The summed E-state index contributed by atoms with van der Waals surface area (Å²) in [5.74, 6) is 0.344. The number of aromatic nitrogens is 2. The van der Waals surface area contributed by atoms with E-state index in [9.17, 15) is 9.90 Å². The summed E-state index contributed by atoms with van der Waals surface area (Å²) in [6.45, 7) is 0.347. The Morgan fingerprint density at radius 1 is 1.00 bits per heavy atom. The van der Waals surface area contributed by atoms with E-state index in [-0.39, 0.29) is 24.0 Å². The lowest BCUT2D eigenvalue weighted by molar-refractivity contribution is -0.121. The molecule has 31 heavy (non-hydrogen) atoms. The molecule has 0 bridgehead atoms. The molecule has 0 aliphatic heterocycles. The largest absolute Gasteiger partial charge is 0.505 e. The van der Waals surface area contributed by atoms with Crippen molar-refractivity contribution < 1.29 is 14.6 Å². The van der Waals surface area contributed by atoms with Gasteiger partial charge in [0.1, 0.15) is 17.0 Å². The van der Waals surface area contributed by atoms with E-state index >= 15 is 0 Å². The quantitative estimate of drug-likeness (QED) is 0.475. The number of nitrogens with zero attached hydrogens (tertiary/aromatic N) is 2. The van der Waals surface area contributed by atoms with Gasteiger partial charge in [0.25, 0.3) is 0 Å². The SMILES string of the molecule is COc1ccc(C(CC(=O)NCc2ccccn2)c2ccc3cccnc3c2O)cc1. The van der Waals surface area contributed by atoms with Crippen molar-refractivity contribution in [2.75, 3.05) is 7.11 Å². The van der Waals surface area contributed by atoms with Crippen LogP contribution in [0.4, 0.5) is 0 Å². The number of phenolic OH excluding ortho intramolecular Hbond substituents is 1. The van der Waals surface area contributed by atoms with Gasteiger partial charge in [-0.15, -0.1) is 0 Å². The molecule has 1 atom stereocenters. The summed E-state index contributed by atoms with van der Waals surface area (Å²) in [5.41, 5.74) is 2.87. The van der Waals surface area contributed by atoms with Crippen LogP contribution in [0.2, 0.25) is 0 Å². The number of carbonyl (C=O) groups is 1. The summed E-state index contributed by atoms with van der Waals surface area (Å²) < 4.78 is 5.26. The highest BCUT2D eigenvalue weighted by Crippen LogP contribution is 2.38. The average Bonchev–Trinajstić information content (AvgIpc) is 2.83. The van der Waals surface area contributed by atoms with E-state index in [1.54, 1.807) is 19.5 Å². The molecular weight excluding hydrogens is 390 g/mol. The third-order valence-corrected chi connectivity index (χ3v) is 5.26. The van der Waals surface area contributed by atoms with Gasteiger partial charge < -0.3 is 15.2 Å². The number of rotatable bonds is 7. The molecule has 1 unspecified atom stereocenters. The van der Waals surface area contributed by atoms with E-state index in [2.05, 4.69) is 15.3 Å². The highest BCUT2D eigenvalue weighted by atomic mass is 16.5. The Labute approximate surface area is 180 Å². The number of fused-ring (bicyclic) bond motifs is 1. The van der Waals surface area contributed by atoms with Crippen LogP contribution in [0.25, 0.3) is 10.9 Å². The fraction of sp³-hybridized carbons (Fsp3) is 0.160. The first-order valence-electron chi connectivity index (χ1n) is 10.0. The normalized spacial score (nSPS) is 11.8. The summed E-state index contributed by atoms with van der Waals surface area (Å²) in [4.78, 5) is 21.4. The van der Waals surface area contributed by atoms with Crippen LogP contribution < -0.4 is 10.1 Å². The number of amides is 1. The van der Waals surface area contributed by atoms with Crippen LogP contribution in [-0.4, -0.2) is 28.1 Å². The zero-order chi connectivity index (χ0) is 21.6. The molecule has 0 fully saturated rings. The molecule has 4 rings (SSSR count). The van der Waals surface area contributed by atoms with Crippen molar-refractivity contribution in [1.82, 2.24) is 15.3 Å². The van der Waals surface area contributed by atoms with Crippen molar-refractivity contribution in [3.05, 3.63) is 95.9 Å². The number of ether oxygens (including phenoxy) is 1. The number of phenols is 1. The highest BCUT2D eigenvalue weighted by molar-refractivity contribution is 5.86. The van der Waals surface area contributed by atoms with E-state index in [1.807, 2.05) is 66.7 Å². The Morgan fingerprint density at radius 2 is 1.81 bits per heavy atom. The van der Waals surface area contributed by atoms with E-state index in [1.165, 1.54) is 0 Å². The monoisotopic (exact) mass is 413 g/mol. The fourth-order valence-corrected chi connectivity index (χ4v) is 3.62. The van der Waals surface area contributed by atoms with Crippen molar-refractivity contribution in [1.29, 1.82) is 0 Å². The molecule has 6 heteroatoms. The maximum Gasteiger partial charge on any atom is 0.221 e. The Kier molecular flexibility index (Phi) is 6.08. The second kappa shape index (κ2) is 9.26. The minimum atomic E-state index is -0.346. The van der Waals surface area contributed by atoms with Crippen LogP contribution in [0, 0.1) is 0 Å². The number of carbonyl (C=O) groups excluding carboxylic acids is 1. The van der Waals surface area contributed by atoms with Gasteiger partial charge >= 0.3 is 0 Å². The maximum atomic E-state index is 12.8. The molecule has 1 amide bonds. The Bertz CT molecular complexity index is 1180. The molecular formula is C25H23N3O3. The number of hydrogen-bond acceptors (Lipinski definition) is 5. The predicted octanol–water partition coefficient (Wildman–Crippen LogP) is 4.18. The predicted molar refractivity (Wildman–Crippen MR) is 119 cm³/mol. The smallest absolute Gasteiger partial charge is 0.221 e. The van der Waals surface area contributed by atoms with Gasteiger partial charge in [-0.25, -0.2) is 0 Å². The molecule has 0 saturated carbocycles. The second-order valence-electron chi connectivity index (χ2n) is 7.21. The Balaban J connectivity index is 1.64. The van der Waals surface area contributed by atoms with Crippen LogP contribution in [0.5, 0.6) is 11.5 Å². The minimum absolute atomic E-state index is 0.0939. The zero-order valence-electron chi connectivity index (χ0n) is 17.2. The molecule has 156 valence electrons. The van der Waals surface area contributed by atoms with Gasteiger partial charge in [-0.1, -0.05) is 36.4 Å². The second-order valence-corrected chi connectivity index (χ2v) is 7.21. The van der Waals surface area contributed by atoms with Gasteiger partial charge in [-0.05, 0) is 35.9 Å². The molecule has 0 radical (unpaired) electrons. The first-order chi connectivity index (χ1) is 15.2. The minimum Gasteiger partial charge on any atom is -0.505 e. The summed E-state index contributed by atoms with van der Waals surface area (Å²) in [6, 6.07) is 20.6. The molecule has 4 aromatic rings. The van der Waals surface area contributed by atoms with Crippen molar-refractivity contribution >= 4 is 16.8 Å². The number of nitrogens with one attached hydrogen (secondary N) is 1. The van der Waals surface area contributed by atoms with E-state index in [0.717, 1.165) is 22.4 Å². The molecule has 0 spiro atoms. The van der Waals surface area contributed by atoms with Crippen LogP contribution in [0.3, 0.4) is 0 Å². The van der Waals surface area contributed by atoms with Crippen molar-refractivity contribution in [3.8, 4) is 11.5 Å². The van der Waals surface area contributed by atoms with Crippen LogP contribution in [0.15, 0.2) is 79.1 Å². The van der Waals surface area contributed by atoms with Gasteiger partial charge in [0, 0.05) is 35.7 Å². The first-order valence-corrected chi connectivity index (χ1v) is 10.0. The molecule has 2 heterocycles. The van der Waals surface area contributed by atoms with E-state index in [0.29, 0.717) is 17.6 Å². The third-order valence-electron chi connectivity index (χ3n) is 5.26. The number of methoxy groups -OCH3 is 1. The summed E-state index contributed by atoms with van der Waals surface area (Å²) >= 11 is 0. The van der Waals surface area contributed by atoms with E-state index < -0.39 is 0 Å². The number of hydrogen-bond donors (Lipinski definition) is 2. The summed E-state index contributed by atoms with van der Waals surface area (Å²) in [6.07, 6.45) is 3.51. The first kappa shape index (κ1) is 20.3. The van der Waals surface area contributed by atoms with Gasteiger partial charge in [0.05, 0.1) is 19.3 Å². The molecule has 0 saturated heterocycles. The van der Waals surface area contributed by atoms with Crippen LogP contribution in [0.1, 0.15) is 29.2 Å². The van der Waals surface area contributed by atoms with Gasteiger partial charge in [0.15, 0.2) is 0 Å². The highest BCUT2D eigenvalue weighted by Gasteiger charge is 2.23. The lowest BCUT2D eigenvalue weighted by atomic mass is 9.87. The van der Waals surface area contributed by atoms with E-state index in [4.69, 9.17) is 4.74 Å². The van der Waals surface area contributed by atoms with Crippen molar-refractivity contribution in [2.24, 2.45) is 0 Å². The molecule has 2 N–H and O–H groups in total. The summed E-state index contributed by atoms with van der Waals surface area (Å²) in [7, 11) is 1.61. The molecule has 0 aliphatic carbocycles. The third kappa shape index (κ3) is 4.64.